The minimum atomic E-state index is 0.733. The fourth-order valence-corrected chi connectivity index (χ4v) is 4.00. The molecule has 0 atom stereocenters. The number of aromatic amines is 2. The average Bonchev–Trinajstić information content (AvgIpc) is 3.48. The van der Waals surface area contributed by atoms with Crippen LogP contribution in [-0.4, -0.2) is 30.1 Å². The van der Waals surface area contributed by atoms with Crippen LogP contribution in [0.3, 0.4) is 0 Å². The largest absolute Gasteiger partial charge is 0.338 e. The second-order valence-corrected chi connectivity index (χ2v) is 7.96. The van der Waals surface area contributed by atoms with Crippen LogP contribution >= 0.6 is 0 Å². The van der Waals surface area contributed by atoms with Gasteiger partial charge in [0.05, 0.1) is 16.9 Å². The molecule has 0 saturated carbocycles. The van der Waals surface area contributed by atoms with E-state index in [4.69, 9.17) is 4.98 Å². The number of aromatic nitrogens is 6. The molecule has 6 aromatic rings. The first-order valence-corrected chi connectivity index (χ1v) is 10.8. The van der Waals surface area contributed by atoms with Crippen molar-refractivity contribution in [2.24, 2.45) is 0 Å². The van der Waals surface area contributed by atoms with Gasteiger partial charge in [0.25, 0.3) is 0 Å². The van der Waals surface area contributed by atoms with Gasteiger partial charge in [0.15, 0.2) is 0 Å². The predicted molar refractivity (Wildman–Crippen MR) is 129 cm³/mol. The summed E-state index contributed by atoms with van der Waals surface area (Å²) < 4.78 is 0. The van der Waals surface area contributed by atoms with Crippen molar-refractivity contribution in [2.75, 3.05) is 0 Å². The molecule has 0 spiro atoms. The van der Waals surface area contributed by atoms with Crippen LogP contribution < -0.4 is 5.32 Å². The Hall–Kier alpha value is -4.36. The van der Waals surface area contributed by atoms with E-state index in [9.17, 15) is 0 Å². The Morgan fingerprint density at radius 1 is 0.848 bits per heavy atom. The van der Waals surface area contributed by atoms with E-state index in [-0.39, 0.29) is 0 Å². The van der Waals surface area contributed by atoms with Crippen molar-refractivity contribution >= 4 is 22.1 Å². The van der Waals surface area contributed by atoms with Crippen molar-refractivity contribution < 1.29 is 0 Å². The highest BCUT2D eigenvalue weighted by atomic mass is 15.1. The van der Waals surface area contributed by atoms with E-state index in [1.54, 1.807) is 6.20 Å². The molecule has 0 radical (unpaired) electrons. The lowest BCUT2D eigenvalue weighted by Crippen LogP contribution is -2.12. The lowest BCUT2D eigenvalue weighted by atomic mass is 10.1. The summed E-state index contributed by atoms with van der Waals surface area (Å²) in [6.45, 7) is 1.55. The van der Waals surface area contributed by atoms with Gasteiger partial charge in [-0.15, -0.1) is 0 Å². The normalized spacial score (nSPS) is 11.4. The molecule has 0 saturated heterocycles. The molecular formula is C26H21N7. The van der Waals surface area contributed by atoms with Gasteiger partial charge >= 0.3 is 0 Å². The van der Waals surface area contributed by atoms with Crippen LogP contribution in [0.1, 0.15) is 11.1 Å². The number of nitrogens with one attached hydrogen (secondary N) is 3. The van der Waals surface area contributed by atoms with Gasteiger partial charge < -0.3 is 10.3 Å². The molecule has 0 amide bonds. The number of hydrogen-bond acceptors (Lipinski definition) is 5. The molecule has 0 aliphatic heterocycles. The molecule has 3 N–H and O–H groups in total. The van der Waals surface area contributed by atoms with E-state index in [1.165, 1.54) is 5.56 Å². The standard InChI is InChI=1S/C26H21N7/c1-2-5-17(6-3-1)13-27-14-18-11-20(16-28-15-18)21-8-9-22-24(30-21)25(33-32-22)23-12-19-7-4-10-29-26(19)31-23/h1-12,15-16,27H,13-14H2,(H,29,31)(H,32,33). The third-order valence-electron chi connectivity index (χ3n) is 5.65. The fraction of sp³-hybridized carbons (Fsp3) is 0.0769. The number of nitrogens with zero attached hydrogens (tertiary/aromatic N) is 4. The van der Waals surface area contributed by atoms with Gasteiger partial charge in [-0.1, -0.05) is 30.3 Å². The summed E-state index contributed by atoms with van der Waals surface area (Å²) in [5.41, 5.74) is 8.39. The second kappa shape index (κ2) is 8.29. The zero-order valence-electron chi connectivity index (χ0n) is 17.8. The van der Waals surface area contributed by atoms with Crippen LogP contribution in [0.4, 0.5) is 0 Å². The number of fused-ring (bicyclic) bond motifs is 2. The predicted octanol–water partition coefficient (Wildman–Crippen LogP) is 4.85. The highest BCUT2D eigenvalue weighted by Crippen LogP contribution is 2.29. The quantitative estimate of drug-likeness (QED) is 0.350. The summed E-state index contributed by atoms with van der Waals surface area (Å²) in [5, 5.41) is 12.1. The first-order chi connectivity index (χ1) is 16.3. The summed E-state index contributed by atoms with van der Waals surface area (Å²) >= 11 is 0. The van der Waals surface area contributed by atoms with E-state index in [0.717, 1.165) is 63.4 Å². The van der Waals surface area contributed by atoms with Gasteiger partial charge in [-0.3, -0.25) is 10.1 Å². The molecule has 7 nitrogen and oxygen atoms in total. The smallest absolute Gasteiger partial charge is 0.137 e. The maximum atomic E-state index is 4.93. The van der Waals surface area contributed by atoms with E-state index in [2.05, 4.69) is 60.8 Å². The first-order valence-electron chi connectivity index (χ1n) is 10.8. The Morgan fingerprint density at radius 3 is 2.67 bits per heavy atom. The van der Waals surface area contributed by atoms with Gasteiger partial charge in [0.1, 0.15) is 16.9 Å². The van der Waals surface area contributed by atoms with Crippen LogP contribution in [0.25, 0.3) is 44.7 Å². The molecule has 5 aromatic heterocycles. The summed E-state index contributed by atoms with van der Waals surface area (Å²) in [7, 11) is 0. The number of rotatable bonds is 6. The van der Waals surface area contributed by atoms with Crippen molar-refractivity contribution in [1.29, 1.82) is 0 Å². The van der Waals surface area contributed by atoms with Crippen LogP contribution in [0, 0.1) is 0 Å². The first kappa shape index (κ1) is 19.3. The summed E-state index contributed by atoms with van der Waals surface area (Å²) in [6, 6.07) is 22.5. The Balaban J connectivity index is 1.28. The maximum absolute atomic E-state index is 4.93. The van der Waals surface area contributed by atoms with Crippen LogP contribution in [0.5, 0.6) is 0 Å². The Labute approximate surface area is 190 Å². The molecule has 33 heavy (non-hydrogen) atoms. The molecular weight excluding hydrogens is 410 g/mol. The molecule has 0 unspecified atom stereocenters. The highest BCUT2D eigenvalue weighted by molar-refractivity contribution is 5.93. The van der Waals surface area contributed by atoms with Crippen LogP contribution in [-0.2, 0) is 13.1 Å². The molecule has 1 aromatic carbocycles. The van der Waals surface area contributed by atoms with Gasteiger partial charge in [0.2, 0.25) is 0 Å². The van der Waals surface area contributed by atoms with Crippen molar-refractivity contribution in [2.45, 2.75) is 13.1 Å². The van der Waals surface area contributed by atoms with E-state index >= 15 is 0 Å². The minimum absolute atomic E-state index is 0.733. The fourth-order valence-electron chi connectivity index (χ4n) is 4.00. The third kappa shape index (κ3) is 3.86. The van der Waals surface area contributed by atoms with Crippen molar-refractivity contribution in [3.05, 3.63) is 96.4 Å². The van der Waals surface area contributed by atoms with Crippen molar-refractivity contribution in [3.63, 3.8) is 0 Å². The number of H-pyrrole nitrogens is 2. The Kier molecular flexibility index (Phi) is 4.86. The maximum Gasteiger partial charge on any atom is 0.137 e. The lowest BCUT2D eigenvalue weighted by Gasteiger charge is -2.07. The molecule has 0 bridgehead atoms. The van der Waals surface area contributed by atoms with Gasteiger partial charge in [0, 0.05) is 42.6 Å². The average molecular weight is 432 g/mol. The lowest BCUT2D eigenvalue weighted by molar-refractivity contribution is 0.691. The van der Waals surface area contributed by atoms with Crippen LogP contribution in [0.15, 0.2) is 85.3 Å². The summed E-state index contributed by atoms with van der Waals surface area (Å²) in [6.07, 6.45) is 5.51. The molecule has 5 heterocycles. The van der Waals surface area contributed by atoms with Gasteiger partial charge in [-0.05, 0) is 47.5 Å². The highest BCUT2D eigenvalue weighted by Gasteiger charge is 2.14. The Morgan fingerprint density at radius 2 is 1.76 bits per heavy atom. The van der Waals surface area contributed by atoms with E-state index in [0.29, 0.717) is 0 Å². The number of benzene rings is 1. The second-order valence-electron chi connectivity index (χ2n) is 7.96. The van der Waals surface area contributed by atoms with Crippen molar-refractivity contribution in [1.82, 2.24) is 35.5 Å². The monoisotopic (exact) mass is 431 g/mol. The SMILES string of the molecule is c1ccc(CNCc2cncc(-c3ccc4[nH]nc(-c5cc6cccnc6[nH]5)c4n3)c2)cc1. The van der Waals surface area contributed by atoms with Gasteiger partial charge in [-0.2, -0.15) is 5.10 Å². The number of hydrogen-bond donors (Lipinski definition) is 3. The van der Waals surface area contributed by atoms with Crippen LogP contribution in [0.2, 0.25) is 0 Å². The molecule has 0 fully saturated rings. The minimum Gasteiger partial charge on any atom is -0.338 e. The summed E-state index contributed by atoms with van der Waals surface area (Å²) in [4.78, 5) is 17.1. The molecule has 6 rings (SSSR count). The van der Waals surface area contributed by atoms with E-state index < -0.39 is 0 Å². The van der Waals surface area contributed by atoms with Crippen molar-refractivity contribution in [3.8, 4) is 22.6 Å². The molecule has 7 heteroatoms. The zero-order valence-corrected chi connectivity index (χ0v) is 17.8. The van der Waals surface area contributed by atoms with E-state index in [1.807, 2.05) is 48.8 Å². The molecule has 0 aliphatic rings. The third-order valence-corrected chi connectivity index (χ3v) is 5.65. The summed E-state index contributed by atoms with van der Waals surface area (Å²) in [5.74, 6) is 0. The molecule has 160 valence electrons. The zero-order chi connectivity index (χ0) is 22.0. The molecule has 0 aliphatic carbocycles. The Bertz CT molecular complexity index is 1520. The number of pyridine rings is 3. The van der Waals surface area contributed by atoms with Gasteiger partial charge in [-0.25, -0.2) is 9.97 Å². The topological polar surface area (TPSA) is 95.2 Å².